The van der Waals surface area contributed by atoms with Crippen LogP contribution < -0.4 is 10.5 Å². The molecule has 0 fully saturated rings. The van der Waals surface area contributed by atoms with Gasteiger partial charge in [0, 0.05) is 24.9 Å². The molecule has 2 aromatic heterocycles. The molecule has 0 radical (unpaired) electrons. The van der Waals surface area contributed by atoms with Crippen LogP contribution in [-0.2, 0) is 23.0 Å². The van der Waals surface area contributed by atoms with E-state index in [0.29, 0.717) is 18.8 Å². The molecule has 0 aliphatic carbocycles. The van der Waals surface area contributed by atoms with Gasteiger partial charge in [-0.1, -0.05) is 44.9 Å². The fourth-order valence-corrected chi connectivity index (χ4v) is 4.97. The Hall–Kier alpha value is -2.19. The second kappa shape index (κ2) is 10.2. The number of unbranched alkanes of at least 4 members (excludes halogenated alkanes) is 3. The molecule has 0 amide bonds. The Kier molecular flexibility index (Phi) is 7.66. The van der Waals surface area contributed by atoms with E-state index in [1.165, 1.54) is 0 Å². The third-order valence-electron chi connectivity index (χ3n) is 5.34. The number of hydrogen-bond donors (Lipinski definition) is 2. The number of para-hydroxylation sites is 1. The van der Waals surface area contributed by atoms with E-state index in [9.17, 15) is 8.42 Å². The highest BCUT2D eigenvalue weighted by molar-refractivity contribution is 7.89. The maximum Gasteiger partial charge on any atom is 0.211 e. The zero-order chi connectivity index (χ0) is 21.6. The summed E-state index contributed by atoms with van der Waals surface area (Å²) in [6, 6.07) is 8.00. The Morgan fingerprint density at radius 3 is 2.57 bits per heavy atom. The Balaban J connectivity index is 1.79. The van der Waals surface area contributed by atoms with E-state index in [2.05, 4.69) is 27.3 Å². The Bertz CT molecular complexity index is 1090. The van der Waals surface area contributed by atoms with Gasteiger partial charge in [0.15, 0.2) is 5.82 Å². The summed E-state index contributed by atoms with van der Waals surface area (Å²) < 4.78 is 28.9. The normalized spacial score (nSPS) is 12.2. The molecule has 0 saturated carbocycles. The number of nitrogen functional groups attached to an aromatic ring is 1. The summed E-state index contributed by atoms with van der Waals surface area (Å²) in [4.78, 5) is 9.36. The van der Waals surface area contributed by atoms with Crippen LogP contribution >= 0.6 is 0 Å². The first-order chi connectivity index (χ1) is 14.5. The second-order valence-electron chi connectivity index (χ2n) is 7.77. The van der Waals surface area contributed by atoms with Gasteiger partial charge in [-0.25, -0.2) is 23.1 Å². The number of anilines is 1. The number of pyridine rings is 1. The van der Waals surface area contributed by atoms with E-state index >= 15 is 0 Å². The van der Waals surface area contributed by atoms with Crippen LogP contribution in [-0.4, -0.2) is 35.3 Å². The smallest absolute Gasteiger partial charge is 0.211 e. The number of nitrogens with two attached hydrogens (primary N) is 1. The highest BCUT2D eigenvalue weighted by Gasteiger charge is 2.17. The molecule has 3 aromatic rings. The molecule has 8 heteroatoms. The first-order valence-electron chi connectivity index (χ1n) is 11.0. The summed E-state index contributed by atoms with van der Waals surface area (Å²) in [7, 11) is -3.16. The third-order valence-corrected chi connectivity index (χ3v) is 6.81. The molecule has 3 rings (SSSR count). The number of hydrogen-bond acceptors (Lipinski definition) is 5. The number of rotatable bonds is 12. The van der Waals surface area contributed by atoms with Crippen LogP contribution in [0.1, 0.15) is 58.2 Å². The third kappa shape index (κ3) is 5.29. The van der Waals surface area contributed by atoms with Crippen LogP contribution in [0.4, 0.5) is 5.82 Å². The van der Waals surface area contributed by atoms with Crippen LogP contribution in [0.25, 0.3) is 21.9 Å². The monoisotopic (exact) mass is 431 g/mol. The summed E-state index contributed by atoms with van der Waals surface area (Å²) in [5, 5.41) is 1.05. The molecular formula is C22H33N5O2S. The zero-order valence-corrected chi connectivity index (χ0v) is 18.8. The number of fused-ring (bicyclic) bond motifs is 3. The number of aryl methyl sites for hydroxylation is 2. The predicted octanol–water partition coefficient (Wildman–Crippen LogP) is 4.01. The molecule has 0 unspecified atom stereocenters. The number of aromatic nitrogens is 3. The van der Waals surface area contributed by atoms with E-state index < -0.39 is 10.0 Å². The van der Waals surface area contributed by atoms with Crippen molar-refractivity contribution in [3.05, 3.63) is 30.1 Å². The summed E-state index contributed by atoms with van der Waals surface area (Å²) in [5.41, 5.74) is 8.90. The minimum Gasteiger partial charge on any atom is -0.382 e. The van der Waals surface area contributed by atoms with Gasteiger partial charge in [-0.15, -0.1) is 0 Å². The van der Waals surface area contributed by atoms with Crippen LogP contribution in [0.3, 0.4) is 0 Å². The van der Waals surface area contributed by atoms with Crippen molar-refractivity contribution in [2.24, 2.45) is 0 Å². The lowest BCUT2D eigenvalue weighted by atomic mass is 10.2. The molecule has 164 valence electrons. The number of nitrogens with zero attached hydrogens (tertiary/aromatic N) is 3. The van der Waals surface area contributed by atoms with Gasteiger partial charge in [-0.2, -0.15) is 0 Å². The summed E-state index contributed by atoms with van der Waals surface area (Å²) >= 11 is 0. The second-order valence-corrected chi connectivity index (χ2v) is 9.69. The molecule has 0 aliphatic heterocycles. The summed E-state index contributed by atoms with van der Waals surface area (Å²) in [6.45, 7) is 5.41. The first kappa shape index (κ1) is 22.5. The molecule has 0 saturated heterocycles. The van der Waals surface area contributed by atoms with E-state index in [4.69, 9.17) is 10.7 Å². The minimum absolute atomic E-state index is 0.203. The lowest BCUT2D eigenvalue weighted by Crippen LogP contribution is -2.27. The predicted molar refractivity (Wildman–Crippen MR) is 124 cm³/mol. The number of nitrogens with one attached hydrogen (secondary N) is 1. The van der Waals surface area contributed by atoms with Crippen molar-refractivity contribution in [3.63, 3.8) is 0 Å². The van der Waals surface area contributed by atoms with Gasteiger partial charge in [0.1, 0.15) is 11.3 Å². The molecule has 0 atom stereocenters. The van der Waals surface area contributed by atoms with Crippen molar-refractivity contribution in [3.8, 4) is 0 Å². The fourth-order valence-electron chi connectivity index (χ4n) is 3.70. The molecule has 3 N–H and O–H groups in total. The molecule has 30 heavy (non-hydrogen) atoms. The highest BCUT2D eigenvalue weighted by atomic mass is 32.2. The van der Waals surface area contributed by atoms with Crippen LogP contribution in [0.15, 0.2) is 24.3 Å². The van der Waals surface area contributed by atoms with Crippen molar-refractivity contribution in [2.75, 3.05) is 18.0 Å². The molecule has 2 heterocycles. The zero-order valence-electron chi connectivity index (χ0n) is 18.0. The number of imidazole rings is 1. The Morgan fingerprint density at radius 2 is 1.80 bits per heavy atom. The minimum atomic E-state index is -3.16. The van der Waals surface area contributed by atoms with Crippen molar-refractivity contribution >= 4 is 37.8 Å². The van der Waals surface area contributed by atoms with Gasteiger partial charge in [0.25, 0.3) is 0 Å². The molecule has 1 aromatic carbocycles. The maximum absolute atomic E-state index is 12.0. The topological polar surface area (TPSA) is 103 Å². The molecule has 0 spiro atoms. The van der Waals surface area contributed by atoms with Crippen molar-refractivity contribution in [1.82, 2.24) is 19.3 Å². The van der Waals surface area contributed by atoms with Crippen LogP contribution in [0.2, 0.25) is 0 Å². The standard InChI is InChI=1S/C22H33N5O2S/c1-3-5-13-19-26-20-21(17-11-7-8-12-18(17)25-22(20)23)27(19)15-10-9-14-24-30(28,29)16-6-4-2/h7-8,11-12,24H,3-6,9-10,13-16H2,1-2H3,(H2,23,25). The molecule has 0 aliphatic rings. The molecular weight excluding hydrogens is 398 g/mol. The largest absolute Gasteiger partial charge is 0.382 e. The summed E-state index contributed by atoms with van der Waals surface area (Å²) in [6.07, 6.45) is 6.25. The molecule has 7 nitrogen and oxygen atoms in total. The fraction of sp³-hybridized carbons (Fsp3) is 0.545. The lowest BCUT2D eigenvalue weighted by molar-refractivity contribution is 0.559. The SMILES string of the molecule is CCCCc1nc2c(N)nc3ccccc3c2n1CCCCNS(=O)(=O)CCCC. The number of benzene rings is 1. The van der Waals surface area contributed by atoms with E-state index in [1.54, 1.807) is 0 Å². The van der Waals surface area contributed by atoms with Gasteiger partial charge >= 0.3 is 0 Å². The van der Waals surface area contributed by atoms with E-state index in [0.717, 1.165) is 72.8 Å². The van der Waals surface area contributed by atoms with Crippen LogP contribution in [0.5, 0.6) is 0 Å². The van der Waals surface area contributed by atoms with Crippen LogP contribution in [0, 0.1) is 0 Å². The van der Waals surface area contributed by atoms with Crippen molar-refractivity contribution in [1.29, 1.82) is 0 Å². The van der Waals surface area contributed by atoms with Gasteiger partial charge < -0.3 is 10.3 Å². The van der Waals surface area contributed by atoms with Gasteiger partial charge in [-0.05, 0) is 31.7 Å². The Labute approximate surface area is 179 Å². The number of sulfonamides is 1. The Morgan fingerprint density at radius 1 is 1.03 bits per heavy atom. The molecule has 0 bridgehead atoms. The first-order valence-corrected chi connectivity index (χ1v) is 12.6. The average Bonchev–Trinajstić information content (AvgIpc) is 3.10. The quantitative estimate of drug-likeness (QED) is 0.422. The highest BCUT2D eigenvalue weighted by Crippen LogP contribution is 2.29. The average molecular weight is 432 g/mol. The maximum atomic E-state index is 12.0. The van der Waals surface area contributed by atoms with Gasteiger partial charge in [0.2, 0.25) is 10.0 Å². The van der Waals surface area contributed by atoms with Crippen molar-refractivity contribution in [2.45, 2.75) is 65.3 Å². The van der Waals surface area contributed by atoms with Crippen molar-refractivity contribution < 1.29 is 8.42 Å². The van der Waals surface area contributed by atoms with E-state index in [-0.39, 0.29) is 5.75 Å². The summed E-state index contributed by atoms with van der Waals surface area (Å²) in [5.74, 6) is 1.69. The van der Waals surface area contributed by atoms with Gasteiger partial charge in [-0.3, -0.25) is 0 Å². The van der Waals surface area contributed by atoms with Gasteiger partial charge in [0.05, 0.1) is 16.8 Å². The lowest BCUT2D eigenvalue weighted by Gasteiger charge is -2.11. The van der Waals surface area contributed by atoms with E-state index in [1.807, 2.05) is 25.1 Å².